The number of hydrogen-bond acceptors (Lipinski definition) is 3. The van der Waals surface area contributed by atoms with Crippen molar-refractivity contribution in [1.82, 2.24) is 0 Å². The Morgan fingerprint density at radius 1 is 0.786 bits per heavy atom. The number of cyclic esters (lactones) is 1. The Bertz CT molecular complexity index is 1010. The number of carbonyl (C=O) groups excluding carboxylic acids is 2. The molecule has 4 rings (SSSR count). The molecule has 3 nitrogen and oxygen atoms in total. The summed E-state index contributed by atoms with van der Waals surface area (Å²) in [5.41, 5.74) is 3.61. The highest BCUT2D eigenvalue weighted by atomic mass is 16.5. The molecule has 0 fully saturated rings. The van der Waals surface area contributed by atoms with E-state index in [9.17, 15) is 9.59 Å². The predicted octanol–water partition coefficient (Wildman–Crippen LogP) is 4.94. The number of ketones is 1. The molecule has 1 aliphatic rings. The van der Waals surface area contributed by atoms with E-state index in [1.807, 2.05) is 91.0 Å². The Labute approximate surface area is 164 Å². The Morgan fingerprint density at radius 2 is 1.36 bits per heavy atom. The van der Waals surface area contributed by atoms with Crippen molar-refractivity contribution in [3.63, 3.8) is 0 Å². The van der Waals surface area contributed by atoms with Crippen LogP contribution >= 0.6 is 0 Å². The fourth-order valence-electron chi connectivity index (χ4n) is 3.53. The zero-order chi connectivity index (χ0) is 19.3. The predicted molar refractivity (Wildman–Crippen MR) is 108 cm³/mol. The fraction of sp³-hybridized carbons (Fsp3) is 0.120. The molecule has 138 valence electrons. The zero-order valence-electron chi connectivity index (χ0n) is 15.4. The highest BCUT2D eigenvalue weighted by molar-refractivity contribution is 6.25. The van der Waals surface area contributed by atoms with Crippen molar-refractivity contribution in [2.75, 3.05) is 0 Å². The first-order chi connectivity index (χ1) is 13.7. The number of esters is 1. The maximum Gasteiger partial charge on any atom is 0.343 e. The van der Waals surface area contributed by atoms with E-state index in [2.05, 4.69) is 0 Å². The molecule has 0 saturated carbocycles. The lowest BCUT2D eigenvalue weighted by molar-refractivity contribution is -0.140. The van der Waals surface area contributed by atoms with Crippen molar-refractivity contribution >= 4 is 17.3 Å². The van der Waals surface area contributed by atoms with Crippen LogP contribution < -0.4 is 0 Å². The summed E-state index contributed by atoms with van der Waals surface area (Å²) in [5.74, 6) is -0.711. The molecule has 0 spiro atoms. The first-order valence-corrected chi connectivity index (χ1v) is 9.36. The van der Waals surface area contributed by atoms with Crippen LogP contribution in [0, 0.1) is 0 Å². The Balaban J connectivity index is 1.71. The third-order valence-corrected chi connectivity index (χ3v) is 4.91. The quantitative estimate of drug-likeness (QED) is 0.457. The standard InChI is InChI=1S/C25H20O3/c26-21(17-16-18-10-4-1-5-11-18)23-22(19-12-6-2-7-13-19)24(28-25(23)27)20-14-8-3-9-15-20/h1-15,24H,16-17H2. The summed E-state index contributed by atoms with van der Waals surface area (Å²) < 4.78 is 5.67. The molecule has 0 radical (unpaired) electrons. The van der Waals surface area contributed by atoms with Gasteiger partial charge in [0.25, 0.3) is 0 Å². The lowest BCUT2D eigenvalue weighted by Gasteiger charge is -2.15. The van der Waals surface area contributed by atoms with Crippen LogP contribution in [0.15, 0.2) is 96.6 Å². The molecule has 28 heavy (non-hydrogen) atoms. The molecule has 1 heterocycles. The molecule has 1 unspecified atom stereocenters. The van der Waals surface area contributed by atoms with Crippen molar-refractivity contribution in [1.29, 1.82) is 0 Å². The second kappa shape index (κ2) is 8.05. The number of ether oxygens (including phenoxy) is 1. The summed E-state index contributed by atoms with van der Waals surface area (Å²) in [5, 5.41) is 0. The number of rotatable bonds is 6. The molecule has 3 aromatic carbocycles. The van der Waals surface area contributed by atoms with Gasteiger partial charge in [-0.3, -0.25) is 4.79 Å². The minimum atomic E-state index is -0.563. The number of benzene rings is 3. The number of aryl methyl sites for hydroxylation is 1. The van der Waals surface area contributed by atoms with Crippen molar-refractivity contribution in [2.45, 2.75) is 18.9 Å². The van der Waals surface area contributed by atoms with Gasteiger partial charge >= 0.3 is 5.97 Å². The normalized spacial score (nSPS) is 16.1. The molecule has 0 amide bonds. The summed E-state index contributed by atoms with van der Waals surface area (Å²) in [7, 11) is 0. The van der Waals surface area contributed by atoms with E-state index in [-0.39, 0.29) is 17.8 Å². The highest BCUT2D eigenvalue weighted by Gasteiger charge is 2.38. The molecule has 0 aliphatic carbocycles. The van der Waals surface area contributed by atoms with Gasteiger partial charge in [-0.15, -0.1) is 0 Å². The average Bonchev–Trinajstić information content (AvgIpc) is 3.11. The molecular weight excluding hydrogens is 348 g/mol. The molecule has 3 aromatic rings. The van der Waals surface area contributed by atoms with E-state index >= 15 is 0 Å². The van der Waals surface area contributed by atoms with Gasteiger partial charge < -0.3 is 4.74 Å². The molecule has 0 saturated heterocycles. The monoisotopic (exact) mass is 368 g/mol. The van der Waals surface area contributed by atoms with Gasteiger partial charge in [-0.25, -0.2) is 4.79 Å². The van der Waals surface area contributed by atoms with Crippen molar-refractivity contribution < 1.29 is 14.3 Å². The van der Waals surface area contributed by atoms with Crippen LogP contribution in [0.4, 0.5) is 0 Å². The SMILES string of the molecule is O=C(CCc1ccccc1)C1=C(c2ccccc2)C(c2ccccc2)OC1=O. The molecule has 1 atom stereocenters. The van der Waals surface area contributed by atoms with Gasteiger partial charge in [0.1, 0.15) is 5.57 Å². The molecular formula is C25H20O3. The van der Waals surface area contributed by atoms with Crippen LogP contribution in [0.3, 0.4) is 0 Å². The van der Waals surface area contributed by atoms with E-state index in [0.717, 1.165) is 16.7 Å². The second-order valence-corrected chi connectivity index (χ2v) is 6.76. The lowest BCUT2D eigenvalue weighted by Crippen LogP contribution is -2.11. The minimum Gasteiger partial charge on any atom is -0.449 e. The van der Waals surface area contributed by atoms with Crippen LogP contribution in [0.5, 0.6) is 0 Å². The maximum atomic E-state index is 13.0. The van der Waals surface area contributed by atoms with Gasteiger partial charge in [0, 0.05) is 12.0 Å². The van der Waals surface area contributed by atoms with E-state index in [1.54, 1.807) is 0 Å². The van der Waals surface area contributed by atoms with E-state index in [1.165, 1.54) is 0 Å². The number of Topliss-reactive ketones (excluding diaryl/α,β-unsaturated/α-hetero) is 1. The first kappa shape index (κ1) is 17.9. The molecule has 0 bridgehead atoms. The molecule has 0 N–H and O–H groups in total. The zero-order valence-corrected chi connectivity index (χ0v) is 15.4. The van der Waals surface area contributed by atoms with Crippen LogP contribution in [0.25, 0.3) is 5.57 Å². The molecule has 3 heteroatoms. The fourth-order valence-corrected chi connectivity index (χ4v) is 3.53. The van der Waals surface area contributed by atoms with E-state index < -0.39 is 12.1 Å². The summed E-state index contributed by atoms with van der Waals surface area (Å²) in [6, 6.07) is 28.9. The topological polar surface area (TPSA) is 43.4 Å². The van der Waals surface area contributed by atoms with Gasteiger partial charge in [0.15, 0.2) is 11.9 Å². The van der Waals surface area contributed by atoms with Crippen molar-refractivity contribution in [3.8, 4) is 0 Å². The van der Waals surface area contributed by atoms with Gasteiger partial charge in [-0.1, -0.05) is 91.0 Å². The smallest absolute Gasteiger partial charge is 0.343 e. The van der Waals surface area contributed by atoms with Gasteiger partial charge in [0.2, 0.25) is 0 Å². The van der Waals surface area contributed by atoms with E-state index in [4.69, 9.17) is 4.74 Å². The summed E-state index contributed by atoms with van der Waals surface area (Å²) >= 11 is 0. The van der Waals surface area contributed by atoms with Crippen LogP contribution in [-0.2, 0) is 20.7 Å². The van der Waals surface area contributed by atoms with Gasteiger partial charge in [-0.05, 0) is 23.1 Å². The Kier molecular flexibility index (Phi) is 5.16. The Hall–Kier alpha value is -3.46. The van der Waals surface area contributed by atoms with Gasteiger partial charge in [0.05, 0.1) is 0 Å². The molecule has 0 aromatic heterocycles. The van der Waals surface area contributed by atoms with Gasteiger partial charge in [-0.2, -0.15) is 0 Å². The van der Waals surface area contributed by atoms with Crippen LogP contribution in [0.2, 0.25) is 0 Å². The van der Waals surface area contributed by atoms with Crippen molar-refractivity contribution in [2.24, 2.45) is 0 Å². The highest BCUT2D eigenvalue weighted by Crippen LogP contribution is 2.42. The third-order valence-electron chi connectivity index (χ3n) is 4.91. The number of carbonyl (C=O) groups is 2. The average molecular weight is 368 g/mol. The number of hydrogen-bond donors (Lipinski definition) is 0. The first-order valence-electron chi connectivity index (χ1n) is 9.36. The molecule has 1 aliphatic heterocycles. The lowest BCUT2D eigenvalue weighted by atomic mass is 9.90. The van der Waals surface area contributed by atoms with Crippen molar-refractivity contribution in [3.05, 3.63) is 113 Å². The van der Waals surface area contributed by atoms with E-state index in [0.29, 0.717) is 12.0 Å². The second-order valence-electron chi connectivity index (χ2n) is 6.76. The summed E-state index contributed by atoms with van der Waals surface area (Å²) in [4.78, 5) is 25.7. The van der Waals surface area contributed by atoms with Crippen LogP contribution in [0.1, 0.15) is 29.2 Å². The summed E-state index contributed by atoms with van der Waals surface area (Å²) in [6.07, 6.45) is 0.299. The summed E-state index contributed by atoms with van der Waals surface area (Å²) in [6.45, 7) is 0. The van der Waals surface area contributed by atoms with Crippen LogP contribution in [-0.4, -0.2) is 11.8 Å². The third kappa shape index (κ3) is 3.65. The minimum absolute atomic E-state index is 0.175. The maximum absolute atomic E-state index is 13.0. The largest absolute Gasteiger partial charge is 0.449 e. The Morgan fingerprint density at radius 3 is 2.00 bits per heavy atom.